The minimum atomic E-state index is 0.781. The molecule has 2 aromatic rings. The van der Waals surface area contributed by atoms with Gasteiger partial charge >= 0.3 is 0 Å². The lowest BCUT2D eigenvalue weighted by Gasteiger charge is -2.23. The van der Waals surface area contributed by atoms with Gasteiger partial charge in [-0.15, -0.1) is 0 Å². The molecule has 1 aromatic carbocycles. The molecule has 106 valence electrons. The highest BCUT2D eigenvalue weighted by molar-refractivity contribution is 5.75. The quantitative estimate of drug-likeness (QED) is 0.924. The zero-order valence-electron chi connectivity index (χ0n) is 12.2. The molecule has 2 saturated carbocycles. The van der Waals surface area contributed by atoms with Crippen molar-refractivity contribution < 1.29 is 0 Å². The van der Waals surface area contributed by atoms with Gasteiger partial charge in [0, 0.05) is 19.1 Å². The maximum atomic E-state index is 4.64. The van der Waals surface area contributed by atoms with E-state index in [4.69, 9.17) is 0 Å². The third-order valence-electron chi connectivity index (χ3n) is 5.33. The molecule has 4 rings (SSSR count). The van der Waals surface area contributed by atoms with Gasteiger partial charge in [0.2, 0.25) is 0 Å². The Morgan fingerprint density at radius 2 is 2.15 bits per heavy atom. The van der Waals surface area contributed by atoms with Gasteiger partial charge in [-0.3, -0.25) is 0 Å². The van der Waals surface area contributed by atoms with Gasteiger partial charge in [0.25, 0.3) is 0 Å². The van der Waals surface area contributed by atoms with Crippen molar-refractivity contribution in [2.75, 3.05) is 6.54 Å². The fourth-order valence-corrected chi connectivity index (χ4v) is 4.33. The molecule has 1 N–H and O–H groups in total. The van der Waals surface area contributed by atoms with Crippen LogP contribution >= 0.6 is 0 Å². The molecular formula is C17H23N3. The third-order valence-corrected chi connectivity index (χ3v) is 5.33. The number of aryl methyl sites for hydroxylation is 1. The minimum absolute atomic E-state index is 0.781. The van der Waals surface area contributed by atoms with Crippen LogP contribution in [0.3, 0.4) is 0 Å². The van der Waals surface area contributed by atoms with E-state index in [-0.39, 0.29) is 0 Å². The summed E-state index contributed by atoms with van der Waals surface area (Å²) in [5, 5.41) is 3.79. The van der Waals surface area contributed by atoms with E-state index in [0.29, 0.717) is 0 Å². The van der Waals surface area contributed by atoms with Gasteiger partial charge in [0.1, 0.15) is 5.82 Å². The Bertz CT molecular complexity index is 616. The Morgan fingerprint density at radius 3 is 2.95 bits per heavy atom. The summed E-state index contributed by atoms with van der Waals surface area (Å²) in [6, 6.07) is 9.22. The highest BCUT2D eigenvalue weighted by atomic mass is 15.1. The lowest BCUT2D eigenvalue weighted by molar-refractivity contribution is 0.347. The summed E-state index contributed by atoms with van der Waals surface area (Å²) < 4.78 is 2.34. The molecule has 3 nitrogen and oxygen atoms in total. The molecule has 2 fully saturated rings. The topological polar surface area (TPSA) is 29.9 Å². The van der Waals surface area contributed by atoms with Crippen molar-refractivity contribution >= 4 is 11.0 Å². The van der Waals surface area contributed by atoms with E-state index in [1.807, 2.05) is 0 Å². The first-order valence-corrected chi connectivity index (χ1v) is 7.96. The predicted octanol–water partition coefficient (Wildman–Crippen LogP) is 3.12. The molecule has 0 spiro atoms. The highest BCUT2D eigenvalue weighted by Gasteiger charge is 2.38. The molecular weight excluding hydrogens is 246 g/mol. The number of para-hydroxylation sites is 2. The van der Waals surface area contributed by atoms with Crippen LogP contribution in [0.4, 0.5) is 0 Å². The van der Waals surface area contributed by atoms with Gasteiger partial charge in [0.15, 0.2) is 0 Å². The normalized spacial score (nSPS) is 28.6. The Labute approximate surface area is 120 Å². The molecule has 0 amide bonds. The number of aromatic nitrogens is 2. The summed E-state index contributed by atoms with van der Waals surface area (Å²) in [6.07, 6.45) is 5.82. The second kappa shape index (κ2) is 4.88. The summed E-state index contributed by atoms with van der Waals surface area (Å²) in [5.74, 6) is 3.11. The molecule has 2 aliphatic rings. The summed E-state index contributed by atoms with van der Waals surface area (Å²) >= 11 is 0. The van der Waals surface area contributed by atoms with Crippen LogP contribution in [0.5, 0.6) is 0 Å². The maximum absolute atomic E-state index is 4.64. The number of hydrogen-bond acceptors (Lipinski definition) is 2. The molecule has 0 saturated heterocycles. The molecule has 2 bridgehead atoms. The maximum Gasteiger partial charge on any atom is 0.106 e. The van der Waals surface area contributed by atoms with Crippen molar-refractivity contribution in [3.05, 3.63) is 30.1 Å². The highest BCUT2D eigenvalue weighted by Crippen LogP contribution is 2.44. The summed E-state index contributed by atoms with van der Waals surface area (Å²) in [4.78, 5) is 4.64. The first kappa shape index (κ1) is 12.4. The van der Waals surface area contributed by atoms with E-state index in [9.17, 15) is 0 Å². The number of imidazole rings is 1. The van der Waals surface area contributed by atoms with Crippen molar-refractivity contribution in [2.45, 2.75) is 45.2 Å². The van der Waals surface area contributed by atoms with Gasteiger partial charge in [-0.1, -0.05) is 18.6 Å². The van der Waals surface area contributed by atoms with Crippen LogP contribution in [0.25, 0.3) is 11.0 Å². The van der Waals surface area contributed by atoms with E-state index in [2.05, 4.69) is 46.1 Å². The predicted molar refractivity (Wildman–Crippen MR) is 81.7 cm³/mol. The number of benzene rings is 1. The van der Waals surface area contributed by atoms with Crippen molar-refractivity contribution in [1.29, 1.82) is 0 Å². The van der Waals surface area contributed by atoms with Gasteiger partial charge in [-0.05, 0) is 50.2 Å². The molecule has 1 aromatic heterocycles. The molecule has 1 heterocycles. The zero-order valence-corrected chi connectivity index (χ0v) is 12.2. The third kappa shape index (κ3) is 2.05. The van der Waals surface area contributed by atoms with E-state index in [1.54, 1.807) is 0 Å². The molecule has 3 heteroatoms. The number of nitrogens with zero attached hydrogens (tertiary/aromatic N) is 2. The first-order chi connectivity index (χ1) is 9.81. The van der Waals surface area contributed by atoms with Crippen LogP contribution in [0.15, 0.2) is 24.3 Å². The standard InChI is InChI=1S/C17H23N3/c1-12-19-15-4-2-3-5-17(15)20(12)9-8-18-16-11-13-6-7-14(16)10-13/h2-5,13-14,16,18H,6-11H2,1H3. The second-order valence-corrected chi connectivity index (χ2v) is 6.53. The largest absolute Gasteiger partial charge is 0.327 e. The number of hydrogen-bond donors (Lipinski definition) is 1. The molecule has 0 aliphatic heterocycles. The summed E-state index contributed by atoms with van der Waals surface area (Å²) in [7, 11) is 0. The Hall–Kier alpha value is -1.35. The SMILES string of the molecule is Cc1nc2ccccc2n1CCNC1CC2CCC1C2. The lowest BCUT2D eigenvalue weighted by atomic mass is 9.95. The second-order valence-electron chi connectivity index (χ2n) is 6.53. The Kier molecular flexibility index (Phi) is 3.03. The molecule has 3 atom stereocenters. The molecule has 2 aliphatic carbocycles. The van der Waals surface area contributed by atoms with Gasteiger partial charge in [-0.25, -0.2) is 4.98 Å². The fraction of sp³-hybridized carbons (Fsp3) is 0.588. The average molecular weight is 269 g/mol. The number of rotatable bonds is 4. The van der Waals surface area contributed by atoms with Gasteiger partial charge < -0.3 is 9.88 Å². The smallest absolute Gasteiger partial charge is 0.106 e. The minimum Gasteiger partial charge on any atom is -0.327 e. The number of fused-ring (bicyclic) bond motifs is 3. The first-order valence-electron chi connectivity index (χ1n) is 7.96. The molecule has 3 unspecified atom stereocenters. The lowest BCUT2D eigenvalue weighted by Crippen LogP contribution is -2.36. The Balaban J connectivity index is 1.42. The molecule has 0 radical (unpaired) electrons. The van der Waals surface area contributed by atoms with Crippen LogP contribution in [0, 0.1) is 18.8 Å². The summed E-state index contributed by atoms with van der Waals surface area (Å²) in [6.45, 7) is 4.20. The van der Waals surface area contributed by atoms with Crippen LogP contribution in [-0.4, -0.2) is 22.1 Å². The molecule has 20 heavy (non-hydrogen) atoms. The van der Waals surface area contributed by atoms with Crippen LogP contribution in [-0.2, 0) is 6.54 Å². The zero-order chi connectivity index (χ0) is 13.5. The van der Waals surface area contributed by atoms with Crippen molar-refractivity contribution in [3.8, 4) is 0 Å². The van der Waals surface area contributed by atoms with Crippen molar-refractivity contribution in [2.24, 2.45) is 11.8 Å². The van der Waals surface area contributed by atoms with Crippen molar-refractivity contribution in [1.82, 2.24) is 14.9 Å². The Morgan fingerprint density at radius 1 is 1.25 bits per heavy atom. The van der Waals surface area contributed by atoms with E-state index in [1.165, 1.54) is 31.2 Å². The van der Waals surface area contributed by atoms with Crippen LogP contribution in [0.1, 0.15) is 31.5 Å². The van der Waals surface area contributed by atoms with E-state index >= 15 is 0 Å². The van der Waals surface area contributed by atoms with Crippen LogP contribution < -0.4 is 5.32 Å². The van der Waals surface area contributed by atoms with E-state index < -0.39 is 0 Å². The van der Waals surface area contributed by atoms with Gasteiger partial charge in [0.05, 0.1) is 11.0 Å². The van der Waals surface area contributed by atoms with Gasteiger partial charge in [-0.2, -0.15) is 0 Å². The van der Waals surface area contributed by atoms with Crippen molar-refractivity contribution in [3.63, 3.8) is 0 Å². The number of nitrogens with one attached hydrogen (secondary N) is 1. The van der Waals surface area contributed by atoms with Crippen LogP contribution in [0.2, 0.25) is 0 Å². The van der Waals surface area contributed by atoms with E-state index in [0.717, 1.165) is 42.3 Å². The monoisotopic (exact) mass is 269 g/mol. The fourth-order valence-electron chi connectivity index (χ4n) is 4.33. The summed E-state index contributed by atoms with van der Waals surface area (Å²) in [5.41, 5.74) is 2.38. The average Bonchev–Trinajstić information content (AvgIpc) is 3.13.